The van der Waals surface area contributed by atoms with E-state index >= 15 is 0 Å². The minimum absolute atomic E-state index is 0.0577. The minimum atomic E-state index is -0.145. The summed E-state index contributed by atoms with van der Waals surface area (Å²) in [4.78, 5) is 25.4. The zero-order valence-electron chi connectivity index (χ0n) is 25.1. The smallest absolute Gasteiger partial charge is 0.230 e. The average Bonchev–Trinajstić information content (AvgIpc) is 3.31. The van der Waals surface area contributed by atoms with E-state index in [0.29, 0.717) is 15.2 Å². The lowest BCUT2D eigenvalue weighted by Crippen LogP contribution is -2.25. The number of methoxy groups -OCH3 is 2. The number of amides is 2. The van der Waals surface area contributed by atoms with Gasteiger partial charge in [-0.25, -0.2) is 0 Å². The van der Waals surface area contributed by atoms with Crippen LogP contribution in [-0.4, -0.2) is 41.3 Å². The molecule has 1 heterocycles. The number of allylic oxidation sites excluding steroid dienone is 1. The van der Waals surface area contributed by atoms with E-state index in [1.807, 2.05) is 62.4 Å². The number of benzene rings is 2. The highest BCUT2D eigenvalue weighted by molar-refractivity contribution is 8.17. The maximum absolute atomic E-state index is 12.8. The fraction of sp³-hybridized carbons (Fsp3) is 0.406. The number of anilines is 1. The topological polar surface area (TPSA) is 126 Å². The van der Waals surface area contributed by atoms with Crippen LogP contribution in [0.25, 0.3) is 0 Å². The molecule has 4 rings (SSSR count). The summed E-state index contributed by atoms with van der Waals surface area (Å²) in [6.45, 7) is 3.90. The Labute approximate surface area is 261 Å². The van der Waals surface area contributed by atoms with Gasteiger partial charge in [0.1, 0.15) is 16.5 Å². The summed E-state index contributed by atoms with van der Waals surface area (Å²) in [6.07, 6.45) is 5.24. The Morgan fingerprint density at radius 3 is 2.07 bits per heavy atom. The molecule has 0 bridgehead atoms. The van der Waals surface area contributed by atoms with Crippen molar-refractivity contribution in [1.82, 2.24) is 15.5 Å². The fourth-order valence-electron chi connectivity index (χ4n) is 4.91. The predicted molar refractivity (Wildman–Crippen MR) is 173 cm³/mol. The zero-order chi connectivity index (χ0) is 30.8. The van der Waals surface area contributed by atoms with E-state index < -0.39 is 0 Å². The van der Waals surface area contributed by atoms with Crippen LogP contribution in [0.5, 0.6) is 11.5 Å². The Morgan fingerprint density at radius 2 is 1.49 bits per heavy atom. The molecule has 2 atom stereocenters. The molecule has 0 saturated heterocycles. The van der Waals surface area contributed by atoms with Gasteiger partial charge in [0.2, 0.25) is 16.9 Å². The van der Waals surface area contributed by atoms with Crippen LogP contribution in [0.4, 0.5) is 5.13 Å². The molecular weight excluding hydrogens is 583 g/mol. The molecule has 0 radical (unpaired) electrons. The van der Waals surface area contributed by atoms with E-state index in [0.717, 1.165) is 65.3 Å². The van der Waals surface area contributed by atoms with E-state index in [-0.39, 0.29) is 36.5 Å². The van der Waals surface area contributed by atoms with Crippen LogP contribution >= 0.6 is 23.1 Å². The van der Waals surface area contributed by atoms with Gasteiger partial charge in [-0.1, -0.05) is 60.2 Å². The summed E-state index contributed by atoms with van der Waals surface area (Å²) in [5.74, 6) is 1.46. The molecule has 1 saturated carbocycles. The highest BCUT2D eigenvalue weighted by atomic mass is 32.2. The van der Waals surface area contributed by atoms with Gasteiger partial charge in [-0.2, -0.15) is 0 Å². The predicted octanol–water partition coefficient (Wildman–Crippen LogP) is 6.72. The third-order valence-corrected chi connectivity index (χ3v) is 9.57. The highest BCUT2D eigenvalue weighted by Crippen LogP contribution is 2.39. The van der Waals surface area contributed by atoms with E-state index in [9.17, 15) is 9.59 Å². The number of thioether (sulfide) groups is 1. The van der Waals surface area contributed by atoms with Crippen molar-refractivity contribution in [2.45, 2.75) is 64.7 Å². The van der Waals surface area contributed by atoms with Gasteiger partial charge in [0.15, 0.2) is 0 Å². The second-order valence-corrected chi connectivity index (χ2v) is 12.9. The van der Waals surface area contributed by atoms with Crippen molar-refractivity contribution in [2.75, 3.05) is 19.5 Å². The largest absolute Gasteiger partial charge is 0.497 e. The summed E-state index contributed by atoms with van der Waals surface area (Å²) >= 11 is 2.75. The van der Waals surface area contributed by atoms with Crippen molar-refractivity contribution in [3.63, 3.8) is 0 Å². The van der Waals surface area contributed by atoms with Crippen molar-refractivity contribution < 1.29 is 19.1 Å². The molecule has 11 heteroatoms. The second kappa shape index (κ2) is 15.7. The van der Waals surface area contributed by atoms with E-state index in [1.54, 1.807) is 14.2 Å². The molecule has 3 aromatic rings. The Hall–Kier alpha value is -3.70. The molecule has 1 fully saturated rings. The summed E-state index contributed by atoms with van der Waals surface area (Å²) < 4.78 is 10.4. The molecule has 1 aliphatic carbocycles. The standard InChI is InChI=1S/C32H39N5O4S2/c1-20(2)30(34-27(38)17-21-9-13-25(40-3)14-10-21)42-29(33)23-7-5-6-8-24(19-23)31-36-37-32(43-31)35-28(39)18-22-11-15-26(41-4)16-12-22/h9-16,23-24,33H,5-8,17-19H2,1-4H3,(H,34,38)(H,35,37,39). The van der Waals surface area contributed by atoms with Gasteiger partial charge in [-0.05, 0) is 74.1 Å². The Morgan fingerprint density at radius 1 is 0.907 bits per heavy atom. The monoisotopic (exact) mass is 621 g/mol. The lowest BCUT2D eigenvalue weighted by atomic mass is 9.94. The molecule has 0 aliphatic heterocycles. The molecule has 1 aliphatic rings. The summed E-state index contributed by atoms with van der Waals surface area (Å²) in [5.41, 5.74) is 2.74. The van der Waals surface area contributed by atoms with Gasteiger partial charge in [-0.3, -0.25) is 15.0 Å². The van der Waals surface area contributed by atoms with E-state index in [4.69, 9.17) is 14.9 Å². The summed E-state index contributed by atoms with van der Waals surface area (Å²) in [6, 6.07) is 14.9. The first-order valence-electron chi connectivity index (χ1n) is 14.4. The lowest BCUT2D eigenvalue weighted by Gasteiger charge is -2.20. The Balaban J connectivity index is 1.32. The van der Waals surface area contributed by atoms with Gasteiger partial charge in [-0.15, -0.1) is 10.2 Å². The highest BCUT2D eigenvalue weighted by Gasteiger charge is 2.28. The normalized spacial score (nSPS) is 16.5. The number of nitrogens with one attached hydrogen (secondary N) is 3. The molecule has 2 aromatic carbocycles. The molecule has 1 aromatic heterocycles. The van der Waals surface area contributed by atoms with E-state index in [1.165, 1.54) is 23.1 Å². The van der Waals surface area contributed by atoms with Gasteiger partial charge in [0, 0.05) is 11.8 Å². The zero-order valence-corrected chi connectivity index (χ0v) is 26.7. The first-order valence-corrected chi connectivity index (χ1v) is 16.0. The molecule has 228 valence electrons. The van der Waals surface area contributed by atoms with Crippen molar-refractivity contribution in [3.05, 3.63) is 75.3 Å². The van der Waals surface area contributed by atoms with Crippen LogP contribution in [0, 0.1) is 11.3 Å². The number of carbonyl (C=O) groups is 2. The first-order chi connectivity index (χ1) is 20.7. The summed E-state index contributed by atoms with van der Waals surface area (Å²) in [7, 11) is 3.22. The number of rotatable bonds is 11. The maximum Gasteiger partial charge on any atom is 0.230 e. The van der Waals surface area contributed by atoms with Crippen LogP contribution in [0.15, 0.2) is 59.1 Å². The van der Waals surface area contributed by atoms with Crippen molar-refractivity contribution in [2.24, 2.45) is 5.92 Å². The van der Waals surface area contributed by atoms with Crippen molar-refractivity contribution >= 4 is 45.1 Å². The Bertz CT molecular complexity index is 1430. The minimum Gasteiger partial charge on any atom is -0.497 e. The fourth-order valence-corrected chi connectivity index (χ4v) is 6.79. The molecule has 3 N–H and O–H groups in total. The molecule has 2 amide bonds. The quantitative estimate of drug-likeness (QED) is 0.123. The average molecular weight is 622 g/mol. The number of aromatic nitrogens is 2. The van der Waals surface area contributed by atoms with Gasteiger partial charge < -0.3 is 20.1 Å². The molecular formula is C32H39N5O4S2. The number of nitrogens with zero attached hydrogens (tertiary/aromatic N) is 2. The van der Waals surface area contributed by atoms with Crippen molar-refractivity contribution in [1.29, 1.82) is 5.41 Å². The SMILES string of the molecule is COc1ccc(CC(=O)NC(SC(=N)C2CCCCC(c3nnc(NC(=O)Cc4ccc(OC)cc4)s3)C2)=C(C)C)cc1. The number of hydrogen-bond donors (Lipinski definition) is 3. The van der Waals surface area contributed by atoms with Crippen LogP contribution in [0.3, 0.4) is 0 Å². The van der Waals surface area contributed by atoms with Crippen LogP contribution < -0.4 is 20.1 Å². The van der Waals surface area contributed by atoms with Gasteiger partial charge in [0.05, 0.1) is 37.1 Å². The van der Waals surface area contributed by atoms with Crippen LogP contribution in [-0.2, 0) is 22.4 Å². The number of carbonyl (C=O) groups excluding carboxylic acids is 2. The summed E-state index contributed by atoms with van der Waals surface area (Å²) in [5, 5.41) is 26.2. The van der Waals surface area contributed by atoms with Gasteiger partial charge >= 0.3 is 0 Å². The third-order valence-electron chi connectivity index (χ3n) is 7.30. The maximum atomic E-state index is 12.8. The second-order valence-electron chi connectivity index (χ2n) is 10.8. The van der Waals surface area contributed by atoms with Gasteiger partial charge in [0.25, 0.3) is 0 Å². The Kier molecular flexibility index (Phi) is 11.7. The first kappa shape index (κ1) is 32.2. The third kappa shape index (κ3) is 9.65. The number of ether oxygens (including phenoxy) is 2. The van der Waals surface area contributed by atoms with Crippen LogP contribution in [0.2, 0.25) is 0 Å². The number of hydrogen-bond acceptors (Lipinski definition) is 9. The molecule has 2 unspecified atom stereocenters. The van der Waals surface area contributed by atoms with Crippen molar-refractivity contribution in [3.8, 4) is 11.5 Å². The molecule has 43 heavy (non-hydrogen) atoms. The lowest BCUT2D eigenvalue weighted by molar-refractivity contribution is -0.119. The molecule has 9 nitrogen and oxygen atoms in total. The molecule has 0 spiro atoms. The van der Waals surface area contributed by atoms with Crippen LogP contribution in [0.1, 0.15) is 68.0 Å². The van der Waals surface area contributed by atoms with E-state index in [2.05, 4.69) is 20.8 Å².